The van der Waals surface area contributed by atoms with Crippen LogP contribution in [0.15, 0.2) is 33.5 Å². The van der Waals surface area contributed by atoms with E-state index in [1.165, 1.54) is 17.4 Å². The molecular weight excluding hydrogens is 322 g/mol. The fraction of sp³-hybridized carbons (Fsp3) is 0.556. The van der Waals surface area contributed by atoms with E-state index in [-0.39, 0.29) is 12.3 Å². The van der Waals surface area contributed by atoms with Gasteiger partial charge in [-0.05, 0) is 25.0 Å². The van der Waals surface area contributed by atoms with Crippen molar-refractivity contribution in [2.24, 2.45) is 0 Å². The highest BCUT2D eigenvalue weighted by molar-refractivity contribution is 5.76. The first-order valence-corrected chi connectivity index (χ1v) is 8.77. The van der Waals surface area contributed by atoms with E-state index in [1.54, 1.807) is 13.2 Å². The summed E-state index contributed by atoms with van der Waals surface area (Å²) in [6, 6.07) is 7.88. The van der Waals surface area contributed by atoms with Gasteiger partial charge in [0.25, 0.3) is 0 Å². The van der Waals surface area contributed by atoms with Gasteiger partial charge < -0.3 is 14.5 Å². The van der Waals surface area contributed by atoms with Crippen LogP contribution in [0.2, 0.25) is 0 Å². The first kappa shape index (κ1) is 17.7. The van der Waals surface area contributed by atoms with E-state index in [2.05, 4.69) is 10.2 Å². The maximum Gasteiger partial charge on any atom is 0.419 e. The summed E-state index contributed by atoms with van der Waals surface area (Å²) >= 11 is 0. The zero-order valence-corrected chi connectivity index (χ0v) is 14.6. The monoisotopic (exact) mass is 347 g/mol. The van der Waals surface area contributed by atoms with Crippen LogP contribution in [0.4, 0.5) is 0 Å². The number of nitrogens with zero attached hydrogens (tertiary/aromatic N) is 2. The number of benzene rings is 1. The van der Waals surface area contributed by atoms with E-state index in [9.17, 15) is 9.59 Å². The van der Waals surface area contributed by atoms with Crippen molar-refractivity contribution in [2.45, 2.75) is 31.8 Å². The van der Waals surface area contributed by atoms with Gasteiger partial charge in [0.1, 0.15) is 0 Å². The third-order valence-corrected chi connectivity index (χ3v) is 4.50. The molecule has 0 radical (unpaired) electrons. The summed E-state index contributed by atoms with van der Waals surface area (Å²) in [5, 5.41) is 2.93. The molecule has 0 atom stereocenters. The third kappa shape index (κ3) is 4.70. The summed E-state index contributed by atoms with van der Waals surface area (Å²) in [4.78, 5) is 26.3. The summed E-state index contributed by atoms with van der Waals surface area (Å²) < 4.78 is 11.8. The lowest BCUT2D eigenvalue weighted by Crippen LogP contribution is -2.38. The van der Waals surface area contributed by atoms with Crippen LogP contribution in [-0.2, 0) is 16.1 Å². The van der Waals surface area contributed by atoms with Gasteiger partial charge >= 0.3 is 5.76 Å². The standard InChI is InChI=1S/C18H25N3O4/c1-24-13-12-20(14-6-7-14)11-9-19-17(22)8-10-21-15-4-2-3-5-16(15)25-18(21)23/h2-5,14H,6-13H2,1H3,(H,19,22). The number of nitrogens with one attached hydrogen (secondary N) is 1. The Bertz CT molecular complexity index is 763. The Hall–Kier alpha value is -2.12. The molecule has 1 aromatic carbocycles. The zero-order valence-electron chi connectivity index (χ0n) is 14.6. The second kappa shape index (κ2) is 8.31. The Labute approximate surface area is 146 Å². The Morgan fingerprint density at radius 3 is 2.92 bits per heavy atom. The van der Waals surface area contributed by atoms with Crippen LogP contribution in [-0.4, -0.2) is 54.8 Å². The van der Waals surface area contributed by atoms with E-state index in [1.807, 2.05) is 18.2 Å². The molecular formula is C18H25N3O4. The van der Waals surface area contributed by atoms with Crippen molar-refractivity contribution in [2.75, 3.05) is 33.4 Å². The average Bonchev–Trinajstić information content (AvgIpc) is 3.39. The predicted molar refractivity (Wildman–Crippen MR) is 94.6 cm³/mol. The van der Waals surface area contributed by atoms with Gasteiger partial charge in [-0.2, -0.15) is 0 Å². The number of aromatic nitrogens is 1. The fourth-order valence-electron chi connectivity index (χ4n) is 2.99. The molecule has 0 unspecified atom stereocenters. The van der Waals surface area contributed by atoms with Gasteiger partial charge in [-0.1, -0.05) is 12.1 Å². The number of ether oxygens (including phenoxy) is 1. The maximum atomic E-state index is 12.1. The van der Waals surface area contributed by atoms with E-state index in [4.69, 9.17) is 9.15 Å². The Kier molecular flexibility index (Phi) is 5.88. The number of aryl methyl sites for hydroxylation is 1. The van der Waals surface area contributed by atoms with Crippen molar-refractivity contribution in [3.05, 3.63) is 34.8 Å². The highest BCUT2D eigenvalue weighted by Gasteiger charge is 2.28. The normalized spacial score (nSPS) is 14.3. The van der Waals surface area contributed by atoms with Crippen LogP contribution in [0.25, 0.3) is 11.1 Å². The number of fused-ring (bicyclic) bond motifs is 1. The van der Waals surface area contributed by atoms with Crippen molar-refractivity contribution in [3.8, 4) is 0 Å². The molecule has 1 aliphatic carbocycles. The van der Waals surface area contributed by atoms with Gasteiger partial charge in [0.15, 0.2) is 5.58 Å². The summed E-state index contributed by atoms with van der Waals surface area (Å²) in [5.74, 6) is -0.479. The van der Waals surface area contributed by atoms with Gasteiger partial charge in [0, 0.05) is 45.8 Å². The quantitative estimate of drug-likeness (QED) is 0.699. The second-order valence-electron chi connectivity index (χ2n) is 6.35. The molecule has 0 bridgehead atoms. The smallest absolute Gasteiger partial charge is 0.408 e. The molecule has 1 saturated carbocycles. The predicted octanol–water partition coefficient (Wildman–Crippen LogP) is 1.21. The van der Waals surface area contributed by atoms with Crippen LogP contribution in [0, 0.1) is 0 Å². The number of methoxy groups -OCH3 is 1. The number of amides is 1. The zero-order chi connectivity index (χ0) is 17.6. The largest absolute Gasteiger partial charge is 0.419 e. The van der Waals surface area contributed by atoms with Crippen molar-refractivity contribution < 1.29 is 13.9 Å². The maximum absolute atomic E-state index is 12.1. The lowest BCUT2D eigenvalue weighted by molar-refractivity contribution is -0.121. The molecule has 0 aliphatic heterocycles. The first-order valence-electron chi connectivity index (χ1n) is 8.77. The van der Waals surface area contributed by atoms with Crippen molar-refractivity contribution in [3.63, 3.8) is 0 Å². The SMILES string of the molecule is COCCN(CCNC(=O)CCn1c(=O)oc2ccccc21)C1CC1. The Morgan fingerprint density at radius 2 is 2.16 bits per heavy atom. The Morgan fingerprint density at radius 1 is 1.36 bits per heavy atom. The lowest BCUT2D eigenvalue weighted by Gasteiger charge is -2.21. The minimum atomic E-state index is -0.423. The van der Waals surface area contributed by atoms with Gasteiger partial charge in [-0.3, -0.25) is 14.3 Å². The minimum absolute atomic E-state index is 0.0559. The van der Waals surface area contributed by atoms with Gasteiger partial charge in [-0.15, -0.1) is 0 Å². The number of carbonyl (C=O) groups is 1. The van der Waals surface area contributed by atoms with Gasteiger partial charge in [-0.25, -0.2) is 4.79 Å². The van der Waals surface area contributed by atoms with Gasteiger partial charge in [0.05, 0.1) is 12.1 Å². The van der Waals surface area contributed by atoms with Crippen LogP contribution >= 0.6 is 0 Å². The number of oxazole rings is 1. The van der Waals surface area contributed by atoms with Crippen molar-refractivity contribution >= 4 is 17.0 Å². The molecule has 1 amide bonds. The summed E-state index contributed by atoms with van der Waals surface area (Å²) in [5.41, 5.74) is 1.27. The van der Waals surface area contributed by atoms with E-state index >= 15 is 0 Å². The third-order valence-electron chi connectivity index (χ3n) is 4.50. The van der Waals surface area contributed by atoms with Crippen molar-refractivity contribution in [1.29, 1.82) is 0 Å². The van der Waals surface area contributed by atoms with Crippen LogP contribution < -0.4 is 11.1 Å². The minimum Gasteiger partial charge on any atom is -0.408 e. The van der Waals surface area contributed by atoms with Gasteiger partial charge in [0.2, 0.25) is 5.91 Å². The highest BCUT2D eigenvalue weighted by Crippen LogP contribution is 2.25. The van der Waals surface area contributed by atoms with Crippen LogP contribution in [0.1, 0.15) is 19.3 Å². The summed E-state index contributed by atoms with van der Waals surface area (Å²) in [7, 11) is 1.70. The van der Waals surface area contributed by atoms with Crippen LogP contribution in [0.3, 0.4) is 0 Å². The molecule has 0 saturated heterocycles. The van der Waals surface area contributed by atoms with E-state index in [0.717, 1.165) is 18.6 Å². The molecule has 3 rings (SSSR count). The first-order chi connectivity index (χ1) is 12.2. The molecule has 7 heteroatoms. The average molecular weight is 347 g/mol. The molecule has 25 heavy (non-hydrogen) atoms. The number of hydrogen-bond acceptors (Lipinski definition) is 5. The molecule has 1 heterocycles. The Balaban J connectivity index is 1.44. The lowest BCUT2D eigenvalue weighted by atomic mass is 10.3. The summed E-state index contributed by atoms with van der Waals surface area (Å²) in [6.07, 6.45) is 2.72. The second-order valence-corrected chi connectivity index (χ2v) is 6.35. The van der Waals surface area contributed by atoms with Crippen molar-refractivity contribution in [1.82, 2.24) is 14.8 Å². The molecule has 136 valence electrons. The topological polar surface area (TPSA) is 76.7 Å². The molecule has 7 nitrogen and oxygen atoms in total. The van der Waals surface area contributed by atoms with E-state index in [0.29, 0.717) is 31.3 Å². The molecule has 1 N–H and O–H groups in total. The van der Waals surface area contributed by atoms with Crippen LogP contribution in [0.5, 0.6) is 0 Å². The molecule has 1 aliphatic rings. The van der Waals surface area contributed by atoms with E-state index < -0.39 is 5.76 Å². The number of carbonyl (C=O) groups excluding carboxylic acids is 1. The number of rotatable bonds is 10. The fourth-order valence-corrected chi connectivity index (χ4v) is 2.99. The summed E-state index contributed by atoms with van der Waals surface area (Å²) in [6.45, 7) is 3.36. The highest BCUT2D eigenvalue weighted by atomic mass is 16.5. The molecule has 2 aromatic rings. The molecule has 1 aromatic heterocycles. The molecule has 1 fully saturated rings. The number of para-hydroxylation sites is 2. The molecule has 0 spiro atoms. The number of hydrogen-bond donors (Lipinski definition) is 1.